The first-order valence-corrected chi connectivity index (χ1v) is 8.81. The molecule has 0 spiro atoms. The van der Waals surface area contributed by atoms with Crippen LogP contribution in [0.3, 0.4) is 0 Å². The summed E-state index contributed by atoms with van der Waals surface area (Å²) in [5.74, 6) is -1.11. The van der Waals surface area contributed by atoms with Crippen LogP contribution in [0.4, 0.5) is 4.39 Å². The molecule has 1 aliphatic heterocycles. The summed E-state index contributed by atoms with van der Waals surface area (Å²) in [6, 6.07) is 5.84. The molecule has 7 nitrogen and oxygen atoms in total. The number of benzene rings is 1. The molecule has 0 saturated carbocycles. The molecule has 1 fully saturated rings. The van der Waals surface area contributed by atoms with E-state index in [1.54, 1.807) is 6.07 Å². The molecule has 23 heavy (non-hydrogen) atoms. The highest BCUT2D eigenvalue weighted by Gasteiger charge is 2.34. The molecule has 1 aromatic carbocycles. The topological polar surface area (TPSA) is 96.0 Å². The number of nitrogens with zero attached hydrogens (tertiary/aromatic N) is 3. The van der Waals surface area contributed by atoms with Crippen LogP contribution in [0.5, 0.6) is 0 Å². The molecule has 2 heterocycles. The summed E-state index contributed by atoms with van der Waals surface area (Å²) in [6.07, 6.45) is 1.35. The lowest BCUT2D eigenvalue weighted by atomic mass is 10.1. The van der Waals surface area contributed by atoms with Crippen molar-refractivity contribution in [1.82, 2.24) is 20.1 Å². The molecule has 1 aliphatic rings. The Morgan fingerprint density at radius 3 is 2.78 bits per heavy atom. The molecule has 0 aliphatic carbocycles. The van der Waals surface area contributed by atoms with Gasteiger partial charge in [-0.1, -0.05) is 18.2 Å². The standard InChI is InChI=1S/C14H15FN4O3S/c15-11-4-2-1-3-10(11)12-5-6-19(7-8-23(12,21)22)14(20)13-16-9-17-18-13/h1-4,9,12H,5-8H2,(H,16,17,18)/t12-/m1/s1. The van der Waals surface area contributed by atoms with E-state index >= 15 is 0 Å². The summed E-state index contributed by atoms with van der Waals surface area (Å²) in [4.78, 5) is 17.4. The summed E-state index contributed by atoms with van der Waals surface area (Å²) < 4.78 is 38.9. The van der Waals surface area contributed by atoms with Gasteiger partial charge in [0.15, 0.2) is 9.84 Å². The van der Waals surface area contributed by atoms with Crippen LogP contribution in [0.2, 0.25) is 0 Å². The lowest BCUT2D eigenvalue weighted by Gasteiger charge is -2.18. The number of aromatic nitrogens is 3. The highest BCUT2D eigenvalue weighted by molar-refractivity contribution is 7.91. The third kappa shape index (κ3) is 3.09. The predicted molar refractivity (Wildman–Crippen MR) is 79.8 cm³/mol. The fraction of sp³-hybridized carbons (Fsp3) is 0.357. The molecule has 2 aromatic rings. The maximum atomic E-state index is 14.0. The number of sulfone groups is 1. The van der Waals surface area contributed by atoms with Crippen molar-refractivity contribution in [3.8, 4) is 0 Å². The highest BCUT2D eigenvalue weighted by Crippen LogP contribution is 2.31. The number of aromatic amines is 1. The second-order valence-corrected chi connectivity index (χ2v) is 7.60. The molecular weight excluding hydrogens is 323 g/mol. The van der Waals surface area contributed by atoms with Gasteiger partial charge in [0.1, 0.15) is 12.1 Å². The molecule has 0 unspecified atom stereocenters. The van der Waals surface area contributed by atoms with Crippen LogP contribution in [0, 0.1) is 5.82 Å². The first-order valence-electron chi connectivity index (χ1n) is 7.09. The van der Waals surface area contributed by atoms with Crippen LogP contribution in [0.1, 0.15) is 27.9 Å². The summed E-state index contributed by atoms with van der Waals surface area (Å²) in [6.45, 7) is 0.255. The molecule has 1 atom stereocenters. The number of rotatable bonds is 2. The van der Waals surface area contributed by atoms with Gasteiger partial charge >= 0.3 is 0 Å². The van der Waals surface area contributed by atoms with E-state index < -0.39 is 26.8 Å². The SMILES string of the molecule is O=C(c1ncn[nH]1)N1CC[C@H](c2ccccc2F)S(=O)(=O)CC1. The van der Waals surface area contributed by atoms with E-state index in [-0.39, 0.29) is 36.7 Å². The van der Waals surface area contributed by atoms with E-state index in [4.69, 9.17) is 0 Å². The lowest BCUT2D eigenvalue weighted by Crippen LogP contribution is -2.34. The van der Waals surface area contributed by atoms with Crippen molar-refractivity contribution in [3.63, 3.8) is 0 Å². The Labute approximate surface area is 132 Å². The average molecular weight is 338 g/mol. The van der Waals surface area contributed by atoms with Gasteiger partial charge in [-0.15, -0.1) is 0 Å². The monoisotopic (exact) mass is 338 g/mol. The largest absolute Gasteiger partial charge is 0.335 e. The van der Waals surface area contributed by atoms with Crippen molar-refractivity contribution in [2.45, 2.75) is 11.7 Å². The van der Waals surface area contributed by atoms with Crippen molar-refractivity contribution in [2.75, 3.05) is 18.8 Å². The van der Waals surface area contributed by atoms with Crippen molar-refractivity contribution >= 4 is 15.7 Å². The van der Waals surface area contributed by atoms with Crippen LogP contribution < -0.4 is 0 Å². The van der Waals surface area contributed by atoms with E-state index in [1.165, 1.54) is 29.4 Å². The van der Waals surface area contributed by atoms with Gasteiger partial charge in [-0.2, -0.15) is 5.10 Å². The zero-order chi connectivity index (χ0) is 16.4. The van der Waals surface area contributed by atoms with E-state index in [9.17, 15) is 17.6 Å². The Morgan fingerprint density at radius 2 is 2.09 bits per heavy atom. The van der Waals surface area contributed by atoms with Gasteiger partial charge in [-0.05, 0) is 12.5 Å². The normalized spacial score (nSPS) is 20.9. The number of carbonyl (C=O) groups is 1. The summed E-state index contributed by atoms with van der Waals surface area (Å²) in [5.41, 5.74) is 0.154. The second kappa shape index (κ2) is 6.07. The minimum absolute atomic E-state index is 0.0484. The molecular formula is C14H15FN4O3S. The van der Waals surface area contributed by atoms with Gasteiger partial charge in [-0.3, -0.25) is 9.89 Å². The maximum absolute atomic E-state index is 14.0. The number of amides is 1. The maximum Gasteiger partial charge on any atom is 0.291 e. The van der Waals surface area contributed by atoms with Gasteiger partial charge in [-0.25, -0.2) is 17.8 Å². The van der Waals surface area contributed by atoms with Crippen LogP contribution in [-0.2, 0) is 9.84 Å². The minimum Gasteiger partial charge on any atom is -0.335 e. The van der Waals surface area contributed by atoms with Gasteiger partial charge in [0.05, 0.1) is 11.0 Å². The smallest absolute Gasteiger partial charge is 0.291 e. The number of H-pyrrole nitrogens is 1. The third-order valence-corrected chi connectivity index (χ3v) is 6.01. The number of nitrogens with one attached hydrogen (secondary N) is 1. The Hall–Kier alpha value is -2.29. The fourth-order valence-corrected chi connectivity index (χ4v) is 4.49. The molecule has 0 bridgehead atoms. The quantitative estimate of drug-likeness (QED) is 0.879. The molecule has 122 valence electrons. The van der Waals surface area contributed by atoms with Crippen LogP contribution in [-0.4, -0.2) is 53.2 Å². The van der Waals surface area contributed by atoms with Gasteiger partial charge in [0.25, 0.3) is 5.91 Å². The number of halogens is 1. The Morgan fingerprint density at radius 1 is 1.30 bits per heavy atom. The fourth-order valence-electron chi connectivity index (χ4n) is 2.69. The van der Waals surface area contributed by atoms with Crippen molar-refractivity contribution in [1.29, 1.82) is 0 Å². The van der Waals surface area contributed by atoms with Crippen molar-refractivity contribution in [3.05, 3.63) is 47.8 Å². The summed E-state index contributed by atoms with van der Waals surface area (Å²) >= 11 is 0. The Bertz CT molecular complexity index is 807. The average Bonchev–Trinajstić information content (AvgIpc) is 3.00. The van der Waals surface area contributed by atoms with Crippen molar-refractivity contribution in [2.24, 2.45) is 0 Å². The summed E-state index contributed by atoms with van der Waals surface area (Å²) in [7, 11) is -3.55. The molecule has 3 rings (SSSR count). The van der Waals surface area contributed by atoms with Gasteiger partial charge in [0.2, 0.25) is 5.82 Å². The van der Waals surface area contributed by atoms with E-state index in [1.807, 2.05) is 0 Å². The van der Waals surface area contributed by atoms with Gasteiger partial charge in [0, 0.05) is 18.7 Å². The van der Waals surface area contributed by atoms with Crippen LogP contribution in [0.15, 0.2) is 30.6 Å². The Kier molecular flexibility index (Phi) is 4.12. The molecule has 1 aromatic heterocycles. The number of carbonyl (C=O) groups excluding carboxylic acids is 1. The molecule has 9 heteroatoms. The highest BCUT2D eigenvalue weighted by atomic mass is 32.2. The first kappa shape index (κ1) is 15.6. The first-order chi connectivity index (χ1) is 11.0. The predicted octanol–water partition coefficient (Wildman–Crippen LogP) is 0.946. The van der Waals surface area contributed by atoms with E-state index in [0.29, 0.717) is 0 Å². The van der Waals surface area contributed by atoms with E-state index in [0.717, 1.165) is 0 Å². The third-order valence-electron chi connectivity index (χ3n) is 3.90. The number of hydrogen-bond donors (Lipinski definition) is 1. The second-order valence-electron chi connectivity index (χ2n) is 5.29. The molecule has 1 amide bonds. The molecule has 1 N–H and O–H groups in total. The zero-order valence-electron chi connectivity index (χ0n) is 12.1. The zero-order valence-corrected chi connectivity index (χ0v) is 13.0. The van der Waals surface area contributed by atoms with Crippen LogP contribution in [0.25, 0.3) is 0 Å². The van der Waals surface area contributed by atoms with Crippen LogP contribution >= 0.6 is 0 Å². The molecule has 0 radical (unpaired) electrons. The van der Waals surface area contributed by atoms with Crippen molar-refractivity contribution < 1.29 is 17.6 Å². The summed E-state index contributed by atoms with van der Waals surface area (Å²) in [5, 5.41) is 5.13. The van der Waals surface area contributed by atoms with E-state index in [2.05, 4.69) is 15.2 Å². The number of hydrogen-bond acceptors (Lipinski definition) is 5. The lowest BCUT2D eigenvalue weighted by molar-refractivity contribution is 0.0755. The van der Waals surface area contributed by atoms with Gasteiger partial charge < -0.3 is 4.90 Å². The minimum atomic E-state index is -3.55. The molecule has 1 saturated heterocycles. The Balaban J connectivity index is 1.86.